The first-order valence-corrected chi connectivity index (χ1v) is 11.1. The minimum Gasteiger partial charge on any atom is -0.363 e. The quantitative estimate of drug-likeness (QED) is 0.421. The number of benzene rings is 1. The van der Waals surface area contributed by atoms with Gasteiger partial charge in [-0.05, 0) is 18.2 Å². The Hall–Kier alpha value is -0.643. The highest BCUT2D eigenvalue weighted by molar-refractivity contribution is 6.76. The molecule has 0 bridgehead atoms. The van der Waals surface area contributed by atoms with Crippen LogP contribution < -0.4 is 5.32 Å². The summed E-state index contributed by atoms with van der Waals surface area (Å²) in [7, 11) is -1.08. The van der Waals surface area contributed by atoms with Crippen LogP contribution in [0.3, 0.4) is 0 Å². The molecule has 0 aliphatic heterocycles. The monoisotopic (exact) mass is 279 g/mol. The molecule has 0 radical (unpaired) electrons. The van der Waals surface area contributed by atoms with E-state index in [4.69, 9.17) is 4.74 Å². The van der Waals surface area contributed by atoms with E-state index in [1.54, 1.807) is 0 Å². The maximum absolute atomic E-state index is 5.99. The van der Waals surface area contributed by atoms with E-state index in [-0.39, 0.29) is 6.23 Å². The molecule has 1 aromatic rings. The molecule has 0 aromatic heterocycles. The number of ether oxygens (including phenoxy) is 1. The van der Waals surface area contributed by atoms with E-state index in [1.807, 2.05) is 0 Å². The van der Waals surface area contributed by atoms with E-state index >= 15 is 0 Å². The van der Waals surface area contributed by atoms with Crippen molar-refractivity contribution in [3.8, 4) is 0 Å². The van der Waals surface area contributed by atoms with E-state index in [0.29, 0.717) is 0 Å². The highest BCUT2D eigenvalue weighted by Crippen LogP contribution is 2.07. The first-order valence-electron chi connectivity index (χ1n) is 7.40. The van der Waals surface area contributed by atoms with Crippen molar-refractivity contribution in [3.63, 3.8) is 0 Å². The largest absolute Gasteiger partial charge is 0.363 e. The Morgan fingerprint density at radius 2 is 1.84 bits per heavy atom. The molecule has 0 amide bonds. The molecule has 0 fully saturated rings. The van der Waals surface area contributed by atoms with Gasteiger partial charge >= 0.3 is 0 Å². The molecule has 0 spiro atoms. The zero-order valence-electron chi connectivity index (χ0n) is 12.9. The Kier molecular flexibility index (Phi) is 7.35. The van der Waals surface area contributed by atoms with Gasteiger partial charge in [0.25, 0.3) is 0 Å². The summed E-state index contributed by atoms with van der Waals surface area (Å²) in [4.78, 5) is 0. The zero-order chi connectivity index (χ0) is 14.1. The van der Waals surface area contributed by atoms with Crippen LogP contribution in [-0.4, -0.2) is 27.1 Å². The van der Waals surface area contributed by atoms with Crippen LogP contribution in [0, 0.1) is 0 Å². The third-order valence-corrected chi connectivity index (χ3v) is 4.21. The summed E-state index contributed by atoms with van der Waals surface area (Å²) < 4.78 is 5.99. The summed E-state index contributed by atoms with van der Waals surface area (Å²) in [5, 5.41) is 3.61. The molecule has 0 aliphatic carbocycles. The van der Waals surface area contributed by atoms with Gasteiger partial charge in [-0.25, -0.2) is 0 Å². The highest BCUT2D eigenvalue weighted by atomic mass is 28.3. The van der Waals surface area contributed by atoms with Crippen molar-refractivity contribution in [1.29, 1.82) is 0 Å². The predicted octanol–water partition coefficient (Wildman–Crippen LogP) is 3.84. The summed E-state index contributed by atoms with van der Waals surface area (Å²) >= 11 is 0. The van der Waals surface area contributed by atoms with E-state index in [9.17, 15) is 0 Å². The third kappa shape index (κ3) is 8.19. The van der Waals surface area contributed by atoms with Gasteiger partial charge < -0.3 is 4.74 Å². The number of hydrogen-bond donors (Lipinski definition) is 1. The Morgan fingerprint density at radius 3 is 2.42 bits per heavy atom. The van der Waals surface area contributed by atoms with Gasteiger partial charge in [-0.1, -0.05) is 63.3 Å². The van der Waals surface area contributed by atoms with Crippen LogP contribution in [0.2, 0.25) is 19.6 Å². The number of hydrogen-bond acceptors (Lipinski definition) is 2. The molecule has 0 aliphatic rings. The molecular weight excluding hydrogens is 250 g/mol. The van der Waals surface area contributed by atoms with Crippen molar-refractivity contribution in [1.82, 2.24) is 5.32 Å². The van der Waals surface area contributed by atoms with Gasteiger partial charge in [0.1, 0.15) is 6.23 Å². The van der Waals surface area contributed by atoms with Gasteiger partial charge in [-0.2, -0.15) is 0 Å². The maximum atomic E-state index is 5.99. The maximum Gasteiger partial charge on any atom is 0.111 e. The summed E-state index contributed by atoms with van der Waals surface area (Å²) in [5.74, 6) is 0. The average molecular weight is 280 g/mol. The van der Waals surface area contributed by atoms with Gasteiger partial charge in [-0.15, -0.1) is 0 Å². The fourth-order valence-electron chi connectivity index (χ4n) is 1.81. The van der Waals surface area contributed by atoms with Crippen LogP contribution in [0.15, 0.2) is 30.3 Å². The predicted molar refractivity (Wildman–Crippen MR) is 86.1 cm³/mol. The summed E-state index contributed by atoms with van der Waals surface area (Å²) in [6.45, 7) is 10.2. The van der Waals surface area contributed by atoms with E-state index in [2.05, 4.69) is 62.2 Å². The number of nitrogens with one attached hydrogen (secondary N) is 1. The second-order valence-electron chi connectivity index (χ2n) is 6.34. The molecule has 1 unspecified atom stereocenters. The minimum atomic E-state index is -1.08. The third-order valence-electron chi connectivity index (χ3n) is 2.94. The molecule has 0 saturated heterocycles. The first-order chi connectivity index (χ1) is 9.01. The van der Waals surface area contributed by atoms with Crippen molar-refractivity contribution in [2.24, 2.45) is 0 Å². The molecular formula is C16H29NOSi. The van der Waals surface area contributed by atoms with Crippen LogP contribution in [0.1, 0.15) is 25.3 Å². The van der Waals surface area contributed by atoms with Gasteiger partial charge in [0.2, 0.25) is 0 Å². The van der Waals surface area contributed by atoms with E-state index in [1.165, 1.54) is 12.0 Å². The van der Waals surface area contributed by atoms with Crippen LogP contribution in [0.4, 0.5) is 0 Å². The molecule has 0 heterocycles. The lowest BCUT2D eigenvalue weighted by Crippen LogP contribution is -2.44. The number of unbranched alkanes of at least 4 members (excludes halogenated alkanes) is 1. The number of rotatable bonds is 9. The van der Waals surface area contributed by atoms with Gasteiger partial charge in [0.15, 0.2) is 0 Å². The van der Waals surface area contributed by atoms with Gasteiger partial charge in [0.05, 0.1) is 8.07 Å². The average Bonchev–Trinajstić information content (AvgIpc) is 2.36. The van der Waals surface area contributed by atoms with Crippen LogP contribution in [0.25, 0.3) is 0 Å². The smallest absolute Gasteiger partial charge is 0.111 e. The molecule has 2 nitrogen and oxygen atoms in total. The summed E-state index contributed by atoms with van der Waals surface area (Å²) in [5.41, 5.74) is 1.34. The Morgan fingerprint density at radius 1 is 1.16 bits per heavy atom. The minimum absolute atomic E-state index is 0.153. The summed E-state index contributed by atoms with van der Waals surface area (Å²) in [6.07, 6.45) is 4.54. The second kappa shape index (κ2) is 8.51. The Balaban J connectivity index is 2.48. The lowest BCUT2D eigenvalue weighted by molar-refractivity contribution is 0.0317. The standard InChI is InChI=1S/C16H29NOSi/c1-5-6-12-18-16(17-14-19(2,3)4)13-15-10-8-7-9-11-15/h7-11,16-17H,5-6,12-14H2,1-4H3. The first kappa shape index (κ1) is 16.4. The molecule has 1 aromatic carbocycles. The Bertz CT molecular complexity index is 334. The van der Waals surface area contributed by atoms with E-state index < -0.39 is 8.07 Å². The fourth-order valence-corrected chi connectivity index (χ4v) is 2.65. The van der Waals surface area contributed by atoms with Crippen molar-refractivity contribution in [2.45, 2.75) is 52.1 Å². The lowest BCUT2D eigenvalue weighted by atomic mass is 10.1. The van der Waals surface area contributed by atoms with Crippen molar-refractivity contribution < 1.29 is 4.74 Å². The second-order valence-corrected chi connectivity index (χ2v) is 11.8. The van der Waals surface area contributed by atoms with Crippen LogP contribution in [-0.2, 0) is 11.2 Å². The van der Waals surface area contributed by atoms with Crippen LogP contribution in [0.5, 0.6) is 0 Å². The SMILES string of the molecule is CCCCOC(Cc1ccccc1)NC[Si](C)(C)C. The molecule has 3 heteroatoms. The fraction of sp³-hybridized carbons (Fsp3) is 0.625. The molecule has 108 valence electrons. The van der Waals surface area contributed by atoms with Crippen molar-refractivity contribution in [2.75, 3.05) is 12.8 Å². The molecule has 19 heavy (non-hydrogen) atoms. The topological polar surface area (TPSA) is 21.3 Å². The molecule has 1 N–H and O–H groups in total. The highest BCUT2D eigenvalue weighted by Gasteiger charge is 2.16. The molecule has 0 saturated carbocycles. The molecule has 1 atom stereocenters. The zero-order valence-corrected chi connectivity index (χ0v) is 13.9. The van der Waals surface area contributed by atoms with Crippen LogP contribution >= 0.6 is 0 Å². The van der Waals surface area contributed by atoms with E-state index in [0.717, 1.165) is 25.6 Å². The Labute approximate surface area is 119 Å². The lowest BCUT2D eigenvalue weighted by Gasteiger charge is -2.24. The summed E-state index contributed by atoms with van der Waals surface area (Å²) in [6, 6.07) is 10.6. The van der Waals surface area contributed by atoms with Gasteiger partial charge in [0, 0.05) is 13.0 Å². The van der Waals surface area contributed by atoms with Crippen molar-refractivity contribution >= 4 is 8.07 Å². The molecule has 1 rings (SSSR count). The van der Waals surface area contributed by atoms with Gasteiger partial charge in [-0.3, -0.25) is 5.32 Å². The normalized spacial score (nSPS) is 13.5. The van der Waals surface area contributed by atoms with Crippen molar-refractivity contribution in [3.05, 3.63) is 35.9 Å².